The Morgan fingerprint density at radius 2 is 1.77 bits per heavy atom. The Morgan fingerprint density at radius 1 is 1.04 bits per heavy atom. The highest BCUT2D eigenvalue weighted by atomic mass is 16.4. The molecule has 1 unspecified atom stereocenters. The van der Waals surface area contributed by atoms with Gasteiger partial charge in [0.15, 0.2) is 17.5 Å². The van der Waals surface area contributed by atoms with Crippen LogP contribution in [0.3, 0.4) is 0 Å². The summed E-state index contributed by atoms with van der Waals surface area (Å²) in [4.78, 5) is 12.0. The summed E-state index contributed by atoms with van der Waals surface area (Å²) in [5.41, 5.74) is 6.71. The van der Waals surface area contributed by atoms with Crippen molar-refractivity contribution in [2.75, 3.05) is 6.54 Å². The van der Waals surface area contributed by atoms with Gasteiger partial charge in [0.1, 0.15) is 11.5 Å². The minimum absolute atomic E-state index is 0.153. The van der Waals surface area contributed by atoms with E-state index in [0.29, 0.717) is 23.9 Å². The molecule has 0 spiro atoms. The van der Waals surface area contributed by atoms with Crippen LogP contribution in [-0.2, 0) is 11.2 Å². The number of rotatable bonds is 5. The van der Waals surface area contributed by atoms with Crippen molar-refractivity contribution in [3.8, 4) is 23.0 Å². The average Bonchev–Trinajstić information content (AvgIpc) is 2.89. The number of benzene rings is 2. The first-order valence-electron chi connectivity index (χ1n) is 7.83. The van der Waals surface area contributed by atoms with Gasteiger partial charge < -0.3 is 35.8 Å². The fraction of sp³-hybridized carbons (Fsp3) is 0.167. The Labute approximate surface area is 148 Å². The van der Waals surface area contributed by atoms with E-state index >= 15 is 0 Å². The Morgan fingerprint density at radius 3 is 2.38 bits per heavy atom. The quantitative estimate of drug-likeness (QED) is 0.380. The van der Waals surface area contributed by atoms with Crippen molar-refractivity contribution in [1.82, 2.24) is 4.57 Å². The minimum Gasteiger partial charge on any atom is -0.508 e. The third kappa shape index (κ3) is 2.86. The van der Waals surface area contributed by atoms with Crippen LogP contribution in [0.2, 0.25) is 0 Å². The summed E-state index contributed by atoms with van der Waals surface area (Å²) in [5, 5.41) is 49.5. The van der Waals surface area contributed by atoms with Crippen LogP contribution >= 0.6 is 0 Å². The topological polar surface area (TPSA) is 149 Å². The number of aromatic hydroxyl groups is 4. The minimum atomic E-state index is -1.27. The second kappa shape index (κ2) is 6.49. The average molecular weight is 358 g/mol. The van der Waals surface area contributed by atoms with Gasteiger partial charge in [-0.25, -0.2) is 4.79 Å². The highest BCUT2D eigenvalue weighted by molar-refractivity contribution is 5.92. The van der Waals surface area contributed by atoms with Gasteiger partial charge >= 0.3 is 5.97 Å². The highest BCUT2D eigenvalue weighted by Gasteiger charge is 2.27. The fourth-order valence-electron chi connectivity index (χ4n) is 3.11. The molecule has 7 N–H and O–H groups in total. The fourth-order valence-corrected chi connectivity index (χ4v) is 3.11. The number of nitrogens with two attached hydrogens (primary N) is 1. The van der Waals surface area contributed by atoms with Gasteiger partial charge in [0.25, 0.3) is 0 Å². The molecule has 136 valence electrons. The van der Waals surface area contributed by atoms with Gasteiger partial charge in [0.05, 0.1) is 5.52 Å². The number of carbonyl (C=O) groups is 1. The van der Waals surface area contributed by atoms with E-state index < -0.39 is 17.8 Å². The number of carboxylic acids is 1. The van der Waals surface area contributed by atoms with Crippen molar-refractivity contribution in [3.05, 3.63) is 47.7 Å². The van der Waals surface area contributed by atoms with Crippen LogP contribution in [-0.4, -0.2) is 42.6 Å². The molecule has 1 aromatic heterocycles. The zero-order valence-electron chi connectivity index (χ0n) is 13.6. The molecule has 3 aromatic rings. The van der Waals surface area contributed by atoms with Crippen LogP contribution < -0.4 is 5.73 Å². The van der Waals surface area contributed by atoms with Crippen LogP contribution in [0.4, 0.5) is 0 Å². The molecule has 0 fully saturated rings. The zero-order valence-corrected chi connectivity index (χ0v) is 13.6. The number of hydrogen-bond acceptors (Lipinski definition) is 6. The standard InChI is InChI=1S/C18H18N2O6/c19-4-3-10-8-20(17-12(10)6-11(21)7-15(17)24)16(18(25)26)9-1-2-13(22)14(23)5-9/h1-2,5-8,16,21-24H,3-4,19H2,(H,25,26). The van der Waals surface area contributed by atoms with Gasteiger partial charge in [-0.1, -0.05) is 6.07 Å². The van der Waals surface area contributed by atoms with E-state index in [4.69, 9.17) is 5.73 Å². The molecule has 0 aliphatic rings. The summed E-state index contributed by atoms with van der Waals surface area (Å²) in [6.45, 7) is 0.299. The second-order valence-corrected chi connectivity index (χ2v) is 5.95. The molecule has 0 amide bonds. The van der Waals surface area contributed by atoms with Crippen LogP contribution in [0.15, 0.2) is 36.5 Å². The van der Waals surface area contributed by atoms with Crippen LogP contribution in [0.1, 0.15) is 17.2 Å². The van der Waals surface area contributed by atoms with E-state index in [1.807, 2.05) is 0 Å². The van der Waals surface area contributed by atoms with Crippen molar-refractivity contribution in [1.29, 1.82) is 0 Å². The number of aliphatic carboxylic acids is 1. The normalized spacial score (nSPS) is 12.3. The molecule has 8 nitrogen and oxygen atoms in total. The first kappa shape index (κ1) is 17.4. The molecule has 1 heterocycles. The first-order valence-corrected chi connectivity index (χ1v) is 7.83. The Balaban J connectivity index is 2.29. The SMILES string of the molecule is NCCc1cn(C(C(=O)O)c2ccc(O)c(O)c2)c2c(O)cc(O)cc12. The first-order chi connectivity index (χ1) is 12.3. The lowest BCUT2D eigenvalue weighted by Crippen LogP contribution is -2.19. The predicted molar refractivity (Wildman–Crippen MR) is 93.6 cm³/mol. The van der Waals surface area contributed by atoms with E-state index in [0.717, 1.165) is 12.1 Å². The third-order valence-corrected chi connectivity index (χ3v) is 4.21. The maximum absolute atomic E-state index is 12.0. The van der Waals surface area contributed by atoms with Crippen molar-refractivity contribution in [2.45, 2.75) is 12.5 Å². The number of nitrogens with zero attached hydrogens (tertiary/aromatic N) is 1. The molecule has 0 aliphatic carbocycles. The summed E-state index contributed by atoms with van der Waals surface area (Å²) in [7, 11) is 0. The molecule has 2 aromatic carbocycles. The monoisotopic (exact) mass is 358 g/mol. The van der Waals surface area contributed by atoms with Crippen molar-refractivity contribution >= 4 is 16.9 Å². The molecule has 1 atom stereocenters. The largest absolute Gasteiger partial charge is 0.508 e. The molecular formula is C18H18N2O6. The highest BCUT2D eigenvalue weighted by Crippen LogP contribution is 2.38. The van der Waals surface area contributed by atoms with Crippen LogP contribution in [0.25, 0.3) is 10.9 Å². The van der Waals surface area contributed by atoms with Gasteiger partial charge in [0.2, 0.25) is 0 Å². The number of phenols is 4. The summed E-state index contributed by atoms with van der Waals surface area (Å²) < 4.78 is 1.35. The van der Waals surface area contributed by atoms with Crippen molar-refractivity contribution < 1.29 is 30.3 Å². The summed E-state index contributed by atoms with van der Waals surface area (Å²) in [6.07, 6.45) is 1.97. The van der Waals surface area contributed by atoms with Crippen LogP contribution in [0, 0.1) is 0 Å². The van der Waals surface area contributed by atoms with Crippen molar-refractivity contribution in [3.63, 3.8) is 0 Å². The number of phenolic OH excluding ortho intramolecular Hbond substituents is 4. The van der Waals surface area contributed by atoms with E-state index in [1.165, 1.54) is 22.8 Å². The summed E-state index contributed by atoms with van der Waals surface area (Å²) >= 11 is 0. The summed E-state index contributed by atoms with van der Waals surface area (Å²) in [6, 6.07) is 5.01. The molecule has 0 radical (unpaired) electrons. The van der Waals surface area contributed by atoms with Gasteiger partial charge in [-0.15, -0.1) is 0 Å². The molecule has 3 rings (SSSR count). The molecule has 0 saturated heterocycles. The lowest BCUT2D eigenvalue weighted by atomic mass is 10.1. The van der Waals surface area contributed by atoms with E-state index in [9.17, 15) is 30.3 Å². The predicted octanol–water partition coefficient (Wildman–Crippen LogP) is 1.64. The molecular weight excluding hydrogens is 340 g/mol. The molecule has 26 heavy (non-hydrogen) atoms. The van der Waals surface area contributed by atoms with Gasteiger partial charge in [0, 0.05) is 17.6 Å². The molecule has 0 saturated carbocycles. The van der Waals surface area contributed by atoms with E-state index in [-0.39, 0.29) is 28.3 Å². The van der Waals surface area contributed by atoms with E-state index in [2.05, 4.69) is 0 Å². The Kier molecular flexibility index (Phi) is 4.35. The number of hydrogen-bond donors (Lipinski definition) is 6. The third-order valence-electron chi connectivity index (χ3n) is 4.21. The zero-order chi connectivity index (χ0) is 19.0. The van der Waals surface area contributed by atoms with Gasteiger partial charge in [-0.05, 0) is 42.3 Å². The lowest BCUT2D eigenvalue weighted by Gasteiger charge is -2.17. The Bertz CT molecular complexity index is 995. The smallest absolute Gasteiger partial charge is 0.331 e. The lowest BCUT2D eigenvalue weighted by molar-refractivity contribution is -0.139. The molecule has 0 aliphatic heterocycles. The number of aromatic nitrogens is 1. The molecule has 0 bridgehead atoms. The van der Waals surface area contributed by atoms with Gasteiger partial charge in [-0.3, -0.25) is 0 Å². The van der Waals surface area contributed by atoms with Gasteiger partial charge in [-0.2, -0.15) is 0 Å². The Hall–Kier alpha value is -3.39. The maximum atomic E-state index is 12.0. The van der Waals surface area contributed by atoms with E-state index in [1.54, 1.807) is 6.20 Å². The van der Waals surface area contributed by atoms with Crippen LogP contribution in [0.5, 0.6) is 23.0 Å². The maximum Gasteiger partial charge on any atom is 0.331 e. The second-order valence-electron chi connectivity index (χ2n) is 5.95. The molecule has 8 heteroatoms. The van der Waals surface area contributed by atoms with Crippen molar-refractivity contribution in [2.24, 2.45) is 5.73 Å². The number of fused-ring (bicyclic) bond motifs is 1. The number of carboxylic acid groups (broad SMARTS) is 1. The summed E-state index contributed by atoms with van der Waals surface area (Å²) in [5.74, 6) is -2.47.